The van der Waals surface area contributed by atoms with Crippen LogP contribution < -0.4 is 0 Å². The summed E-state index contributed by atoms with van der Waals surface area (Å²) in [5, 5.41) is 9.24. The van der Waals surface area contributed by atoms with Gasteiger partial charge in [0.25, 0.3) is 5.66 Å². The van der Waals surface area contributed by atoms with Gasteiger partial charge in [-0.15, -0.1) is 0 Å². The summed E-state index contributed by atoms with van der Waals surface area (Å²) < 4.78 is 30.1. The maximum atomic E-state index is 12.5. The number of hydrogen-bond donors (Lipinski definition) is 1. The van der Waals surface area contributed by atoms with Crippen LogP contribution in [0.5, 0.6) is 0 Å². The lowest BCUT2D eigenvalue weighted by Gasteiger charge is -2.15. The molecule has 1 rings (SSSR count). The van der Waals surface area contributed by atoms with Crippen molar-refractivity contribution in [1.82, 2.24) is 0 Å². The molecule has 0 saturated heterocycles. The highest BCUT2D eigenvalue weighted by atomic mass is 31.0. The molecule has 16 heavy (non-hydrogen) atoms. The Kier molecular flexibility index (Phi) is 5.26. The highest BCUT2D eigenvalue weighted by Gasteiger charge is 2.25. The van der Waals surface area contributed by atoms with E-state index in [0.29, 0.717) is 6.61 Å². The summed E-state index contributed by atoms with van der Waals surface area (Å²) in [6, 6.07) is 9.36. The molecule has 0 aromatic heterocycles. The third-order valence-corrected chi connectivity index (χ3v) is 2.17. The van der Waals surface area contributed by atoms with E-state index in [1.54, 1.807) is 0 Å². The quantitative estimate of drug-likeness (QED) is 0.783. The van der Waals surface area contributed by atoms with Gasteiger partial charge in [-0.05, 0) is 5.56 Å². The van der Waals surface area contributed by atoms with Crippen molar-refractivity contribution in [2.24, 2.45) is 0 Å². The lowest BCUT2D eigenvalue weighted by molar-refractivity contribution is -0.0192. The van der Waals surface area contributed by atoms with Crippen molar-refractivity contribution >= 4 is 9.24 Å². The predicted molar refractivity (Wildman–Crippen MR) is 61.4 cm³/mol. The van der Waals surface area contributed by atoms with Gasteiger partial charge in [-0.25, -0.2) is 8.78 Å². The van der Waals surface area contributed by atoms with Gasteiger partial charge in [-0.3, -0.25) is 0 Å². The lowest BCUT2D eigenvalue weighted by Crippen LogP contribution is -2.22. The molecule has 2 atom stereocenters. The zero-order chi connectivity index (χ0) is 12.0. The van der Waals surface area contributed by atoms with Gasteiger partial charge >= 0.3 is 0 Å². The summed E-state index contributed by atoms with van der Waals surface area (Å²) in [6.45, 7) is 0.235. The van der Waals surface area contributed by atoms with Crippen LogP contribution in [0.15, 0.2) is 30.3 Å². The number of aliphatic hydroxyl groups excluding tert-OH is 1. The molecule has 5 heteroatoms. The fraction of sp³-hybridized carbons (Fsp3) is 0.455. The summed E-state index contributed by atoms with van der Waals surface area (Å²) in [5.41, 5.74) is -1.98. The molecule has 1 aromatic carbocycles. The van der Waals surface area contributed by atoms with Crippen molar-refractivity contribution in [3.8, 4) is 0 Å². The molecule has 0 bridgehead atoms. The lowest BCUT2D eigenvalue weighted by atomic mass is 10.2. The van der Waals surface area contributed by atoms with Crippen molar-refractivity contribution in [3.63, 3.8) is 0 Å². The molecule has 0 spiro atoms. The van der Waals surface area contributed by atoms with Gasteiger partial charge in [-0.2, -0.15) is 0 Å². The topological polar surface area (TPSA) is 29.5 Å². The monoisotopic (exact) mass is 248 g/mol. The van der Waals surface area contributed by atoms with E-state index in [-0.39, 0.29) is 6.61 Å². The number of alkyl halides is 2. The second-order valence-corrected chi connectivity index (χ2v) is 4.46. The second kappa shape index (κ2) is 6.24. The molecule has 0 radical (unpaired) electrons. The van der Waals surface area contributed by atoms with E-state index in [1.165, 1.54) is 9.24 Å². The number of benzene rings is 1. The summed E-state index contributed by atoms with van der Waals surface area (Å²) in [7, 11) is 1.40. The first-order valence-electron chi connectivity index (χ1n) is 4.94. The fourth-order valence-electron chi connectivity index (χ4n) is 1.26. The average Bonchev–Trinajstić information content (AvgIpc) is 2.16. The highest BCUT2D eigenvalue weighted by molar-refractivity contribution is 7.18. The summed E-state index contributed by atoms with van der Waals surface area (Å²) in [4.78, 5) is 0. The average molecular weight is 248 g/mol. The van der Waals surface area contributed by atoms with Gasteiger partial charge in [0.1, 0.15) is 0 Å². The Morgan fingerprint density at radius 2 is 1.94 bits per heavy atom. The van der Waals surface area contributed by atoms with Gasteiger partial charge in [0.2, 0.25) is 0 Å². The molecule has 0 heterocycles. The Labute approximate surface area is 95.8 Å². The maximum Gasteiger partial charge on any atom is 0.261 e. The summed E-state index contributed by atoms with van der Waals surface area (Å²) in [5.74, 6) is 0. The first-order chi connectivity index (χ1) is 7.47. The Bertz CT molecular complexity index is 301. The van der Waals surface area contributed by atoms with Crippen LogP contribution in [0.3, 0.4) is 0 Å². The predicted octanol–water partition coefficient (Wildman–Crippen LogP) is 2.42. The Morgan fingerprint density at radius 3 is 2.50 bits per heavy atom. The smallest absolute Gasteiger partial charge is 0.261 e. The van der Waals surface area contributed by atoms with Gasteiger partial charge < -0.3 is 9.84 Å². The zero-order valence-corrected chi connectivity index (χ0v) is 9.93. The van der Waals surface area contributed by atoms with E-state index in [9.17, 15) is 13.9 Å². The van der Waals surface area contributed by atoms with Crippen LogP contribution in [-0.4, -0.2) is 23.5 Å². The SMILES string of the molecule is OC(COCc1ccccc1)CC(F)(F)P. The highest BCUT2D eigenvalue weighted by Crippen LogP contribution is 2.27. The van der Waals surface area contributed by atoms with Crippen molar-refractivity contribution in [2.45, 2.75) is 24.8 Å². The minimum absolute atomic E-state index is 0.0844. The van der Waals surface area contributed by atoms with Crippen LogP contribution >= 0.6 is 9.24 Å². The molecule has 2 nitrogen and oxygen atoms in total. The number of halogens is 2. The number of rotatable bonds is 6. The van der Waals surface area contributed by atoms with E-state index < -0.39 is 18.2 Å². The van der Waals surface area contributed by atoms with Crippen molar-refractivity contribution in [3.05, 3.63) is 35.9 Å². The van der Waals surface area contributed by atoms with Gasteiger partial charge in [0, 0.05) is 6.42 Å². The second-order valence-electron chi connectivity index (χ2n) is 3.62. The third kappa shape index (κ3) is 6.11. The molecule has 0 fully saturated rings. The maximum absolute atomic E-state index is 12.5. The van der Waals surface area contributed by atoms with E-state index >= 15 is 0 Å². The minimum atomic E-state index is -2.93. The Balaban J connectivity index is 2.21. The zero-order valence-electron chi connectivity index (χ0n) is 8.77. The number of ether oxygens (including phenoxy) is 1. The van der Waals surface area contributed by atoms with E-state index in [4.69, 9.17) is 4.74 Å². The number of aliphatic hydroxyl groups is 1. The summed E-state index contributed by atoms with van der Waals surface area (Å²) >= 11 is 0. The number of hydrogen-bond acceptors (Lipinski definition) is 2. The van der Waals surface area contributed by atoms with Gasteiger partial charge in [0.05, 0.1) is 19.3 Å². The van der Waals surface area contributed by atoms with Crippen LogP contribution in [0.2, 0.25) is 0 Å². The van der Waals surface area contributed by atoms with E-state index in [2.05, 4.69) is 0 Å². The minimum Gasteiger partial charge on any atom is -0.390 e. The molecule has 1 N–H and O–H groups in total. The molecule has 0 amide bonds. The van der Waals surface area contributed by atoms with Crippen molar-refractivity contribution in [1.29, 1.82) is 0 Å². The van der Waals surface area contributed by atoms with Crippen LogP contribution in [0.1, 0.15) is 12.0 Å². The molecule has 1 aromatic rings. The third-order valence-electron chi connectivity index (χ3n) is 1.93. The largest absolute Gasteiger partial charge is 0.390 e. The van der Waals surface area contributed by atoms with Gasteiger partial charge in [-0.1, -0.05) is 39.6 Å². The fourth-order valence-corrected chi connectivity index (χ4v) is 1.53. The molecular formula is C11H15F2O2P. The standard InChI is InChI=1S/C11H15F2O2P/c12-11(13,16)6-10(14)8-15-7-9-4-2-1-3-5-9/h1-5,10,14H,6-8,16H2. The van der Waals surface area contributed by atoms with Crippen LogP contribution in [0, 0.1) is 0 Å². The van der Waals surface area contributed by atoms with E-state index in [1.807, 2.05) is 30.3 Å². The first-order valence-corrected chi connectivity index (χ1v) is 5.51. The Hall–Kier alpha value is -0.570. The summed E-state index contributed by atoms with van der Waals surface area (Å²) in [6.07, 6.45) is -1.75. The molecule has 0 saturated carbocycles. The molecule has 0 aliphatic carbocycles. The molecular weight excluding hydrogens is 233 g/mol. The van der Waals surface area contributed by atoms with Crippen molar-refractivity contribution in [2.75, 3.05) is 6.61 Å². The normalized spacial score (nSPS) is 13.8. The molecule has 2 unspecified atom stereocenters. The van der Waals surface area contributed by atoms with Crippen LogP contribution in [0.4, 0.5) is 8.78 Å². The van der Waals surface area contributed by atoms with Crippen LogP contribution in [-0.2, 0) is 11.3 Å². The molecule has 90 valence electrons. The van der Waals surface area contributed by atoms with Gasteiger partial charge in [0.15, 0.2) is 0 Å². The Morgan fingerprint density at radius 1 is 1.31 bits per heavy atom. The van der Waals surface area contributed by atoms with Crippen LogP contribution in [0.25, 0.3) is 0 Å². The van der Waals surface area contributed by atoms with Crippen molar-refractivity contribution < 1.29 is 18.6 Å². The molecule has 0 aliphatic rings. The first kappa shape index (κ1) is 13.5. The van der Waals surface area contributed by atoms with E-state index in [0.717, 1.165) is 5.56 Å². The molecule has 0 aliphatic heterocycles.